The number of carbonyl (C=O) groups is 1. The van der Waals surface area contributed by atoms with Crippen molar-refractivity contribution in [2.45, 2.75) is 26.7 Å². The molecule has 1 aromatic carbocycles. The van der Waals surface area contributed by atoms with Crippen molar-refractivity contribution in [2.75, 3.05) is 11.4 Å². The molecule has 0 aliphatic carbocycles. The van der Waals surface area contributed by atoms with Crippen LogP contribution < -0.4 is 4.90 Å². The first-order chi connectivity index (χ1) is 6.74. The minimum atomic E-state index is 0.234. The number of nitrogens with zero attached hydrogens (tertiary/aromatic N) is 1. The van der Waals surface area contributed by atoms with E-state index in [0.717, 1.165) is 18.7 Å². The number of carbonyl (C=O) groups excluding carboxylic acids is 1. The van der Waals surface area contributed by atoms with Crippen LogP contribution in [0.15, 0.2) is 18.2 Å². The summed E-state index contributed by atoms with van der Waals surface area (Å²) in [5.41, 5.74) is 3.67. The lowest BCUT2D eigenvalue weighted by Gasteiger charge is -2.18. The Bertz CT molecular complexity index is 371. The molecule has 0 unspecified atom stereocenters. The Hall–Kier alpha value is -1.31. The van der Waals surface area contributed by atoms with Gasteiger partial charge in [0.05, 0.1) is 0 Å². The number of hydrogen-bond donors (Lipinski definition) is 0. The molecule has 0 atom stereocenters. The number of para-hydroxylation sites is 1. The van der Waals surface area contributed by atoms with Crippen LogP contribution in [0.2, 0.25) is 0 Å². The molecule has 2 nitrogen and oxygen atoms in total. The molecule has 74 valence electrons. The van der Waals surface area contributed by atoms with Gasteiger partial charge in [-0.15, -0.1) is 0 Å². The molecule has 0 bridgehead atoms. The monoisotopic (exact) mass is 189 g/mol. The molecular formula is C12H15NO. The third kappa shape index (κ3) is 1.31. The van der Waals surface area contributed by atoms with Crippen LogP contribution in [0.4, 0.5) is 5.69 Å². The molecule has 0 saturated heterocycles. The maximum absolute atomic E-state index is 11.7. The largest absolute Gasteiger partial charge is 0.312 e. The maximum atomic E-state index is 11.7. The Kier molecular flexibility index (Phi) is 2.28. The van der Waals surface area contributed by atoms with E-state index in [-0.39, 0.29) is 5.91 Å². The third-order valence-corrected chi connectivity index (χ3v) is 2.80. The van der Waals surface area contributed by atoms with Crippen LogP contribution in [-0.4, -0.2) is 12.5 Å². The predicted molar refractivity (Wildman–Crippen MR) is 57.5 cm³/mol. The first kappa shape index (κ1) is 9.25. The zero-order valence-corrected chi connectivity index (χ0v) is 8.71. The minimum absolute atomic E-state index is 0.234. The first-order valence-corrected chi connectivity index (χ1v) is 5.13. The topological polar surface area (TPSA) is 20.3 Å². The summed E-state index contributed by atoms with van der Waals surface area (Å²) >= 11 is 0. The molecule has 1 heterocycles. The Morgan fingerprint density at radius 1 is 1.50 bits per heavy atom. The van der Waals surface area contributed by atoms with Gasteiger partial charge < -0.3 is 4.90 Å². The van der Waals surface area contributed by atoms with Gasteiger partial charge in [0.1, 0.15) is 0 Å². The van der Waals surface area contributed by atoms with E-state index < -0.39 is 0 Å². The molecule has 0 saturated carbocycles. The molecule has 0 radical (unpaired) electrons. The summed E-state index contributed by atoms with van der Waals surface area (Å²) in [6.45, 7) is 4.84. The van der Waals surface area contributed by atoms with Gasteiger partial charge in [0, 0.05) is 18.7 Å². The minimum Gasteiger partial charge on any atom is -0.312 e. The summed E-state index contributed by atoms with van der Waals surface area (Å²) in [6.07, 6.45) is 1.59. The summed E-state index contributed by atoms with van der Waals surface area (Å²) in [6, 6.07) is 6.25. The van der Waals surface area contributed by atoms with Crippen molar-refractivity contribution in [1.29, 1.82) is 0 Å². The van der Waals surface area contributed by atoms with Crippen molar-refractivity contribution in [2.24, 2.45) is 0 Å². The van der Waals surface area contributed by atoms with Crippen molar-refractivity contribution in [1.82, 2.24) is 0 Å². The number of amides is 1. The van der Waals surface area contributed by atoms with Crippen LogP contribution in [-0.2, 0) is 11.2 Å². The van der Waals surface area contributed by atoms with Crippen LogP contribution in [0.3, 0.4) is 0 Å². The Morgan fingerprint density at radius 2 is 2.29 bits per heavy atom. The second kappa shape index (κ2) is 3.45. The normalized spacial score (nSPS) is 14.3. The Morgan fingerprint density at radius 3 is 3.00 bits per heavy atom. The molecule has 14 heavy (non-hydrogen) atoms. The summed E-state index contributed by atoms with van der Waals surface area (Å²) in [7, 11) is 0. The number of hydrogen-bond acceptors (Lipinski definition) is 1. The van der Waals surface area contributed by atoms with Gasteiger partial charge in [0.15, 0.2) is 0 Å². The van der Waals surface area contributed by atoms with Gasteiger partial charge >= 0.3 is 0 Å². The van der Waals surface area contributed by atoms with Crippen LogP contribution >= 0.6 is 0 Å². The van der Waals surface area contributed by atoms with E-state index in [1.54, 1.807) is 0 Å². The number of benzene rings is 1. The van der Waals surface area contributed by atoms with Crippen molar-refractivity contribution >= 4 is 11.6 Å². The second-order valence-corrected chi connectivity index (χ2v) is 3.73. The van der Waals surface area contributed by atoms with Gasteiger partial charge in [0.2, 0.25) is 5.91 Å². The van der Waals surface area contributed by atoms with Crippen LogP contribution in [0.25, 0.3) is 0 Å². The van der Waals surface area contributed by atoms with Gasteiger partial charge in [0.25, 0.3) is 0 Å². The zero-order valence-electron chi connectivity index (χ0n) is 8.71. The lowest BCUT2D eigenvalue weighted by atomic mass is 10.1. The van der Waals surface area contributed by atoms with E-state index in [1.807, 2.05) is 11.8 Å². The molecule has 2 rings (SSSR count). The van der Waals surface area contributed by atoms with Crippen molar-refractivity contribution in [3.63, 3.8) is 0 Å². The summed E-state index contributed by atoms with van der Waals surface area (Å²) in [5, 5.41) is 0. The lowest BCUT2D eigenvalue weighted by Crippen LogP contribution is -2.28. The summed E-state index contributed by atoms with van der Waals surface area (Å²) in [5.74, 6) is 0.234. The van der Waals surface area contributed by atoms with Crippen LogP contribution in [0.5, 0.6) is 0 Å². The fourth-order valence-electron chi connectivity index (χ4n) is 2.09. The molecule has 0 N–H and O–H groups in total. The highest BCUT2D eigenvalue weighted by molar-refractivity contribution is 5.96. The lowest BCUT2D eigenvalue weighted by molar-refractivity contribution is -0.118. The molecule has 1 aromatic rings. The van der Waals surface area contributed by atoms with E-state index in [0.29, 0.717) is 6.42 Å². The van der Waals surface area contributed by atoms with E-state index >= 15 is 0 Å². The average Bonchev–Trinajstić information content (AvgIpc) is 2.62. The number of anilines is 1. The molecule has 0 spiro atoms. The maximum Gasteiger partial charge on any atom is 0.226 e. The number of fused-ring (bicyclic) bond motifs is 1. The third-order valence-electron chi connectivity index (χ3n) is 2.80. The quantitative estimate of drug-likeness (QED) is 0.663. The van der Waals surface area contributed by atoms with Crippen molar-refractivity contribution < 1.29 is 4.79 Å². The van der Waals surface area contributed by atoms with E-state index in [9.17, 15) is 4.79 Å². The molecule has 1 amide bonds. The van der Waals surface area contributed by atoms with Gasteiger partial charge in [-0.3, -0.25) is 4.79 Å². The second-order valence-electron chi connectivity index (χ2n) is 3.73. The van der Waals surface area contributed by atoms with Crippen molar-refractivity contribution in [3.05, 3.63) is 29.3 Å². The fourth-order valence-corrected chi connectivity index (χ4v) is 2.09. The summed E-state index contributed by atoms with van der Waals surface area (Å²) < 4.78 is 0. The van der Waals surface area contributed by atoms with E-state index in [2.05, 4.69) is 25.1 Å². The summed E-state index contributed by atoms with van der Waals surface area (Å²) in [4.78, 5) is 13.6. The molecule has 1 aliphatic heterocycles. The predicted octanol–water partition coefficient (Wildman–Crippen LogP) is 2.29. The first-order valence-electron chi connectivity index (χ1n) is 5.13. The zero-order chi connectivity index (χ0) is 10.1. The number of rotatable bonds is 1. The molecule has 0 aromatic heterocycles. The molecule has 0 fully saturated rings. The van der Waals surface area contributed by atoms with Gasteiger partial charge in [-0.05, 0) is 24.5 Å². The van der Waals surface area contributed by atoms with Crippen LogP contribution in [0, 0.1) is 6.92 Å². The van der Waals surface area contributed by atoms with E-state index in [1.165, 1.54) is 11.1 Å². The number of aryl methyl sites for hydroxylation is 1. The molecule has 1 aliphatic rings. The molecule has 2 heteroatoms. The Balaban J connectivity index is 2.43. The fraction of sp³-hybridized carbons (Fsp3) is 0.417. The SMILES string of the molecule is CCC(=O)N1CCc2cccc(C)c21. The highest BCUT2D eigenvalue weighted by atomic mass is 16.2. The van der Waals surface area contributed by atoms with Gasteiger partial charge in [-0.2, -0.15) is 0 Å². The van der Waals surface area contributed by atoms with Gasteiger partial charge in [-0.1, -0.05) is 25.1 Å². The van der Waals surface area contributed by atoms with E-state index in [4.69, 9.17) is 0 Å². The highest BCUT2D eigenvalue weighted by Crippen LogP contribution is 2.31. The standard InChI is InChI=1S/C12H15NO/c1-3-11(14)13-8-7-10-6-4-5-9(2)12(10)13/h4-6H,3,7-8H2,1-2H3. The molecular weight excluding hydrogens is 174 g/mol. The smallest absolute Gasteiger partial charge is 0.226 e. The van der Waals surface area contributed by atoms with Crippen molar-refractivity contribution in [3.8, 4) is 0 Å². The van der Waals surface area contributed by atoms with Gasteiger partial charge in [-0.25, -0.2) is 0 Å². The Labute approximate surface area is 84.5 Å². The highest BCUT2D eigenvalue weighted by Gasteiger charge is 2.24. The average molecular weight is 189 g/mol. The van der Waals surface area contributed by atoms with Crippen LogP contribution in [0.1, 0.15) is 24.5 Å².